The Morgan fingerprint density at radius 1 is 1.17 bits per heavy atom. The largest absolute Gasteiger partial charge is 0.366 e. The summed E-state index contributed by atoms with van der Waals surface area (Å²) >= 11 is 11.6. The van der Waals surface area contributed by atoms with Gasteiger partial charge in [0.15, 0.2) is 0 Å². The lowest BCUT2D eigenvalue weighted by Crippen LogP contribution is -2.27. The molecule has 128 valence electrons. The fraction of sp³-hybridized carbons (Fsp3) is 0.133. The van der Waals surface area contributed by atoms with Crippen LogP contribution in [0.2, 0.25) is 10.0 Å². The Morgan fingerprint density at radius 3 is 2.29 bits per heavy atom. The smallest absolute Gasteiger partial charge is 0.248 e. The van der Waals surface area contributed by atoms with Gasteiger partial charge in [-0.2, -0.15) is 0 Å². The van der Waals surface area contributed by atoms with Crippen molar-refractivity contribution in [1.29, 1.82) is 0 Å². The predicted octanol–water partition coefficient (Wildman–Crippen LogP) is 3.27. The maximum Gasteiger partial charge on any atom is 0.248 e. The van der Waals surface area contributed by atoms with Crippen LogP contribution in [-0.2, 0) is 10.0 Å². The van der Waals surface area contributed by atoms with Gasteiger partial charge in [-0.1, -0.05) is 23.2 Å². The lowest BCUT2D eigenvalue weighted by atomic mass is 10.1. The number of benzene rings is 2. The third-order valence-electron chi connectivity index (χ3n) is 3.29. The number of carbonyl (C=O) groups excluding carboxylic acids is 1. The highest BCUT2D eigenvalue weighted by atomic mass is 35.5. The number of nitrogens with one attached hydrogen (secondary N) is 1. The molecule has 0 heterocycles. The lowest BCUT2D eigenvalue weighted by molar-refractivity contribution is 0.1000. The third-order valence-corrected chi connectivity index (χ3v) is 5.46. The zero-order valence-electron chi connectivity index (χ0n) is 12.4. The van der Waals surface area contributed by atoms with E-state index in [2.05, 4.69) is 4.72 Å². The fourth-order valence-corrected chi connectivity index (χ4v) is 3.80. The van der Waals surface area contributed by atoms with E-state index in [9.17, 15) is 17.6 Å². The van der Waals surface area contributed by atoms with Crippen LogP contribution in [0.15, 0.2) is 41.3 Å². The Labute approximate surface area is 148 Å². The van der Waals surface area contributed by atoms with Gasteiger partial charge in [-0.3, -0.25) is 4.79 Å². The van der Waals surface area contributed by atoms with Gasteiger partial charge < -0.3 is 5.73 Å². The summed E-state index contributed by atoms with van der Waals surface area (Å²) in [6.07, 6.45) is 0. The Bertz CT molecular complexity index is 886. The number of halogens is 3. The van der Waals surface area contributed by atoms with Crippen LogP contribution >= 0.6 is 23.2 Å². The molecule has 9 heteroatoms. The average Bonchev–Trinajstić information content (AvgIpc) is 2.50. The first-order valence-corrected chi connectivity index (χ1v) is 8.92. The molecule has 0 radical (unpaired) electrons. The van der Waals surface area contributed by atoms with Gasteiger partial charge in [0.25, 0.3) is 0 Å². The molecule has 5 nitrogen and oxygen atoms in total. The molecule has 1 amide bonds. The van der Waals surface area contributed by atoms with E-state index >= 15 is 0 Å². The quantitative estimate of drug-likeness (QED) is 0.767. The van der Waals surface area contributed by atoms with Crippen molar-refractivity contribution in [3.05, 3.63) is 63.4 Å². The Morgan fingerprint density at radius 2 is 1.75 bits per heavy atom. The van der Waals surface area contributed by atoms with Gasteiger partial charge in [0.05, 0.1) is 9.92 Å². The van der Waals surface area contributed by atoms with Crippen molar-refractivity contribution in [2.75, 3.05) is 0 Å². The minimum Gasteiger partial charge on any atom is -0.366 e. The first kappa shape index (κ1) is 18.7. The van der Waals surface area contributed by atoms with Crippen molar-refractivity contribution in [3.8, 4) is 0 Å². The molecule has 2 rings (SSSR count). The maximum absolute atomic E-state index is 13.6. The summed E-state index contributed by atoms with van der Waals surface area (Å²) < 4.78 is 40.7. The monoisotopic (exact) mass is 390 g/mol. The molecule has 24 heavy (non-hydrogen) atoms. The molecule has 1 atom stereocenters. The zero-order chi connectivity index (χ0) is 18.1. The molecule has 0 saturated carbocycles. The van der Waals surface area contributed by atoms with E-state index in [4.69, 9.17) is 28.9 Å². The van der Waals surface area contributed by atoms with Crippen molar-refractivity contribution in [3.63, 3.8) is 0 Å². The number of nitrogens with two attached hydrogens (primary N) is 1. The van der Waals surface area contributed by atoms with E-state index < -0.39 is 27.8 Å². The lowest BCUT2D eigenvalue weighted by Gasteiger charge is -2.16. The highest BCUT2D eigenvalue weighted by molar-refractivity contribution is 7.89. The molecule has 0 saturated heterocycles. The molecule has 0 spiro atoms. The number of amides is 1. The molecule has 0 aliphatic heterocycles. The molecule has 0 bridgehead atoms. The molecule has 3 N–H and O–H groups in total. The second-order valence-electron chi connectivity index (χ2n) is 5.02. The Hall–Kier alpha value is -1.67. The van der Waals surface area contributed by atoms with Gasteiger partial charge in [0.2, 0.25) is 15.9 Å². The van der Waals surface area contributed by atoms with E-state index in [1.807, 2.05) is 0 Å². The molecular weight excluding hydrogens is 378 g/mol. The molecule has 0 fully saturated rings. The van der Waals surface area contributed by atoms with Crippen LogP contribution in [0.1, 0.15) is 28.9 Å². The van der Waals surface area contributed by atoms with Crippen LogP contribution in [0.3, 0.4) is 0 Å². The number of primary amides is 1. The third kappa shape index (κ3) is 4.05. The van der Waals surface area contributed by atoms with Crippen LogP contribution in [0.4, 0.5) is 4.39 Å². The topological polar surface area (TPSA) is 89.3 Å². The van der Waals surface area contributed by atoms with Crippen molar-refractivity contribution in [1.82, 2.24) is 4.72 Å². The van der Waals surface area contributed by atoms with Gasteiger partial charge in [-0.25, -0.2) is 17.5 Å². The van der Waals surface area contributed by atoms with Crippen LogP contribution in [0, 0.1) is 5.82 Å². The van der Waals surface area contributed by atoms with Crippen molar-refractivity contribution in [2.24, 2.45) is 5.73 Å². The Kier molecular flexibility index (Phi) is 5.49. The van der Waals surface area contributed by atoms with Gasteiger partial charge in [0, 0.05) is 16.6 Å². The number of hydrogen-bond donors (Lipinski definition) is 2. The summed E-state index contributed by atoms with van der Waals surface area (Å²) in [6, 6.07) is 6.59. The van der Waals surface area contributed by atoms with Crippen LogP contribution in [-0.4, -0.2) is 14.3 Å². The van der Waals surface area contributed by atoms with Gasteiger partial charge >= 0.3 is 0 Å². The van der Waals surface area contributed by atoms with Crippen molar-refractivity contribution >= 4 is 39.1 Å². The van der Waals surface area contributed by atoms with Crippen molar-refractivity contribution in [2.45, 2.75) is 17.9 Å². The van der Waals surface area contributed by atoms with Gasteiger partial charge in [-0.05, 0) is 48.9 Å². The second-order valence-corrected chi connectivity index (χ2v) is 7.55. The van der Waals surface area contributed by atoms with Crippen LogP contribution in [0.25, 0.3) is 0 Å². The van der Waals surface area contributed by atoms with E-state index in [1.54, 1.807) is 0 Å². The maximum atomic E-state index is 13.6. The Balaban J connectivity index is 2.28. The minimum atomic E-state index is -3.91. The summed E-state index contributed by atoms with van der Waals surface area (Å²) in [5, 5.41) is -0.0125. The van der Waals surface area contributed by atoms with E-state index in [1.165, 1.54) is 37.3 Å². The molecular formula is C15H13Cl2FN2O3S. The molecule has 2 aromatic carbocycles. The first-order chi connectivity index (χ1) is 11.1. The van der Waals surface area contributed by atoms with Gasteiger partial charge in [0.1, 0.15) is 5.82 Å². The zero-order valence-corrected chi connectivity index (χ0v) is 14.7. The summed E-state index contributed by atoms with van der Waals surface area (Å²) in [5.74, 6) is -1.36. The number of hydrogen-bond acceptors (Lipinski definition) is 3. The van der Waals surface area contributed by atoms with Crippen LogP contribution < -0.4 is 10.5 Å². The van der Waals surface area contributed by atoms with E-state index in [0.29, 0.717) is 0 Å². The van der Waals surface area contributed by atoms with E-state index in [-0.39, 0.29) is 26.1 Å². The molecule has 0 aliphatic rings. The predicted molar refractivity (Wildman–Crippen MR) is 90.1 cm³/mol. The van der Waals surface area contributed by atoms with Gasteiger partial charge in [-0.15, -0.1) is 0 Å². The van der Waals surface area contributed by atoms with E-state index in [0.717, 1.165) is 6.07 Å². The van der Waals surface area contributed by atoms with Crippen molar-refractivity contribution < 1.29 is 17.6 Å². The summed E-state index contributed by atoms with van der Waals surface area (Å²) in [5.41, 5.74) is 5.54. The summed E-state index contributed by atoms with van der Waals surface area (Å²) in [6.45, 7) is 1.52. The molecule has 0 unspecified atom stereocenters. The second kappa shape index (κ2) is 7.06. The molecule has 0 aromatic heterocycles. The summed E-state index contributed by atoms with van der Waals surface area (Å²) in [4.78, 5) is 11.0. The average molecular weight is 391 g/mol. The highest BCUT2D eigenvalue weighted by Gasteiger charge is 2.21. The number of rotatable bonds is 5. The highest BCUT2D eigenvalue weighted by Crippen LogP contribution is 2.29. The standard InChI is InChI=1S/C15H13Cl2FN2O3S/c1-8(11-6-14(18)13(17)7-12(11)16)20-24(22,23)10-4-2-9(3-5-10)15(19)21/h2-8,20H,1H3,(H2,19,21)/t8-/m0/s1. The van der Waals surface area contributed by atoms with Crippen LogP contribution in [0.5, 0.6) is 0 Å². The first-order valence-electron chi connectivity index (χ1n) is 6.68. The normalized spacial score (nSPS) is 12.8. The fourth-order valence-electron chi connectivity index (χ4n) is 2.03. The summed E-state index contributed by atoms with van der Waals surface area (Å²) in [7, 11) is -3.91. The molecule has 0 aliphatic carbocycles. The minimum absolute atomic E-state index is 0.0649. The molecule has 2 aromatic rings. The number of sulfonamides is 1. The number of carbonyl (C=O) groups is 1. The SMILES string of the molecule is C[C@H](NS(=O)(=O)c1ccc(C(N)=O)cc1)c1cc(F)c(Cl)cc1Cl.